The van der Waals surface area contributed by atoms with Crippen LogP contribution in [0.2, 0.25) is 10.0 Å². The van der Waals surface area contributed by atoms with E-state index in [1.807, 2.05) is 60.7 Å². The summed E-state index contributed by atoms with van der Waals surface area (Å²) >= 11 is 12.6. The number of carbonyl (C=O) groups is 1. The summed E-state index contributed by atoms with van der Waals surface area (Å²) in [6.45, 7) is 5.44. The number of hydrogen-bond donors (Lipinski definition) is 1. The molecule has 0 fully saturated rings. The van der Waals surface area contributed by atoms with Crippen molar-refractivity contribution in [2.24, 2.45) is 0 Å². The van der Waals surface area contributed by atoms with E-state index in [-0.39, 0.29) is 5.91 Å². The standard InChI is InChI=1S/C28H24Cl2N4O/c1-18-19(2)34(15-20-8-4-3-5-9-20)26-13-12-21(14-23(18)26)28(35)31-27-25(30)17-33(32-27)16-22-10-6-7-11-24(22)29/h3-14,17H,15-16H2,1-2H3,(H,31,32,35). The van der Waals surface area contributed by atoms with Crippen LogP contribution in [0.25, 0.3) is 10.9 Å². The van der Waals surface area contributed by atoms with Crippen LogP contribution in [-0.2, 0) is 13.1 Å². The lowest BCUT2D eigenvalue weighted by molar-refractivity contribution is 0.102. The zero-order valence-electron chi connectivity index (χ0n) is 19.4. The van der Waals surface area contributed by atoms with E-state index < -0.39 is 0 Å². The number of carbonyl (C=O) groups excluding carboxylic acids is 1. The molecule has 3 aromatic carbocycles. The third-order valence-electron chi connectivity index (χ3n) is 6.32. The summed E-state index contributed by atoms with van der Waals surface area (Å²) in [5.74, 6) is 0.0584. The van der Waals surface area contributed by atoms with Crippen LogP contribution in [0.15, 0.2) is 79.0 Å². The fourth-order valence-corrected chi connectivity index (χ4v) is 4.70. The van der Waals surface area contributed by atoms with Crippen molar-refractivity contribution in [3.63, 3.8) is 0 Å². The van der Waals surface area contributed by atoms with Crippen LogP contribution >= 0.6 is 23.2 Å². The molecule has 0 unspecified atom stereocenters. The summed E-state index contributed by atoms with van der Waals surface area (Å²) < 4.78 is 3.95. The van der Waals surface area contributed by atoms with Gasteiger partial charge in [0.2, 0.25) is 0 Å². The maximum atomic E-state index is 13.1. The van der Waals surface area contributed by atoms with E-state index in [2.05, 4.69) is 41.0 Å². The van der Waals surface area contributed by atoms with Crippen LogP contribution in [0.5, 0.6) is 0 Å². The number of rotatable bonds is 6. The second-order valence-corrected chi connectivity index (χ2v) is 9.40. The first kappa shape index (κ1) is 23.2. The minimum absolute atomic E-state index is 0.260. The van der Waals surface area contributed by atoms with E-state index >= 15 is 0 Å². The highest BCUT2D eigenvalue weighted by molar-refractivity contribution is 6.33. The number of halogens is 2. The SMILES string of the molecule is Cc1c(C)n(Cc2ccccc2)c2ccc(C(=O)Nc3nn(Cc4ccccc4Cl)cc3Cl)cc12. The Hall–Kier alpha value is -3.54. The fourth-order valence-electron chi connectivity index (χ4n) is 4.30. The van der Waals surface area contributed by atoms with Gasteiger partial charge in [0.1, 0.15) is 5.02 Å². The Morgan fingerprint density at radius 1 is 0.914 bits per heavy atom. The molecule has 0 radical (unpaired) electrons. The summed E-state index contributed by atoms with van der Waals surface area (Å²) in [5.41, 5.74) is 6.14. The van der Waals surface area contributed by atoms with Gasteiger partial charge >= 0.3 is 0 Å². The predicted octanol–water partition coefficient (Wildman–Crippen LogP) is 7.11. The summed E-state index contributed by atoms with van der Waals surface area (Å²) in [4.78, 5) is 13.1. The van der Waals surface area contributed by atoms with Crippen LogP contribution in [0.4, 0.5) is 5.82 Å². The number of aromatic nitrogens is 3. The van der Waals surface area contributed by atoms with Gasteiger partial charge in [-0.2, -0.15) is 5.10 Å². The molecule has 7 heteroatoms. The van der Waals surface area contributed by atoms with Gasteiger partial charge in [0.25, 0.3) is 5.91 Å². The number of nitrogens with one attached hydrogen (secondary N) is 1. The lowest BCUT2D eigenvalue weighted by Gasteiger charge is -2.09. The number of anilines is 1. The zero-order chi connectivity index (χ0) is 24.5. The average molecular weight is 503 g/mol. The normalized spacial score (nSPS) is 11.2. The van der Waals surface area contributed by atoms with Crippen LogP contribution in [0.1, 0.15) is 32.7 Å². The van der Waals surface area contributed by atoms with Crippen molar-refractivity contribution < 1.29 is 4.79 Å². The number of amides is 1. The summed E-state index contributed by atoms with van der Waals surface area (Å²) in [7, 11) is 0. The van der Waals surface area contributed by atoms with Crippen molar-refractivity contribution >= 4 is 45.8 Å². The molecule has 5 rings (SSSR count). The third kappa shape index (κ3) is 4.70. The van der Waals surface area contributed by atoms with Crippen molar-refractivity contribution in [3.05, 3.63) is 117 Å². The molecular weight excluding hydrogens is 479 g/mol. The van der Waals surface area contributed by atoms with Gasteiger partial charge in [0.05, 0.1) is 6.54 Å². The molecule has 2 aromatic heterocycles. The molecule has 0 spiro atoms. The molecule has 0 aliphatic carbocycles. The number of benzene rings is 3. The zero-order valence-corrected chi connectivity index (χ0v) is 20.9. The highest BCUT2D eigenvalue weighted by Gasteiger charge is 2.17. The number of nitrogens with zero attached hydrogens (tertiary/aromatic N) is 3. The van der Waals surface area contributed by atoms with Gasteiger partial charge in [0.15, 0.2) is 5.82 Å². The second-order valence-electron chi connectivity index (χ2n) is 8.58. The van der Waals surface area contributed by atoms with Crippen molar-refractivity contribution in [2.75, 3.05) is 5.32 Å². The Balaban J connectivity index is 1.38. The van der Waals surface area contributed by atoms with Gasteiger partial charge in [-0.25, -0.2) is 0 Å². The van der Waals surface area contributed by atoms with Gasteiger partial charge in [0, 0.05) is 39.9 Å². The van der Waals surface area contributed by atoms with E-state index in [4.69, 9.17) is 23.2 Å². The van der Waals surface area contributed by atoms with E-state index in [1.54, 1.807) is 10.9 Å². The molecule has 1 amide bonds. The molecular formula is C28H24Cl2N4O. The van der Waals surface area contributed by atoms with E-state index in [9.17, 15) is 4.79 Å². The molecule has 1 N–H and O–H groups in total. The molecule has 176 valence electrons. The fraction of sp³-hybridized carbons (Fsp3) is 0.143. The Morgan fingerprint density at radius 2 is 1.66 bits per heavy atom. The van der Waals surface area contributed by atoms with Crippen molar-refractivity contribution in [3.8, 4) is 0 Å². The molecule has 0 saturated carbocycles. The summed E-state index contributed by atoms with van der Waals surface area (Å²) in [6, 6.07) is 23.7. The average Bonchev–Trinajstić information content (AvgIpc) is 3.32. The van der Waals surface area contributed by atoms with Gasteiger partial charge in [-0.05, 0) is 54.8 Å². The van der Waals surface area contributed by atoms with Crippen LogP contribution in [0.3, 0.4) is 0 Å². The highest BCUT2D eigenvalue weighted by atomic mass is 35.5. The predicted molar refractivity (Wildman–Crippen MR) is 143 cm³/mol. The first-order valence-electron chi connectivity index (χ1n) is 11.3. The third-order valence-corrected chi connectivity index (χ3v) is 6.97. The van der Waals surface area contributed by atoms with E-state index in [0.717, 1.165) is 28.6 Å². The number of fused-ring (bicyclic) bond motifs is 1. The van der Waals surface area contributed by atoms with Crippen molar-refractivity contribution in [1.82, 2.24) is 14.3 Å². The topological polar surface area (TPSA) is 51.9 Å². The lowest BCUT2D eigenvalue weighted by atomic mass is 10.1. The van der Waals surface area contributed by atoms with Gasteiger partial charge < -0.3 is 9.88 Å². The minimum atomic E-state index is -0.260. The highest BCUT2D eigenvalue weighted by Crippen LogP contribution is 2.28. The molecule has 0 aliphatic heterocycles. The van der Waals surface area contributed by atoms with Gasteiger partial charge in [-0.3, -0.25) is 9.48 Å². The molecule has 35 heavy (non-hydrogen) atoms. The van der Waals surface area contributed by atoms with E-state index in [1.165, 1.54) is 11.3 Å². The van der Waals surface area contributed by atoms with Crippen LogP contribution in [0, 0.1) is 13.8 Å². The molecule has 0 aliphatic rings. The molecule has 0 atom stereocenters. The molecule has 5 aromatic rings. The minimum Gasteiger partial charge on any atom is -0.340 e. The van der Waals surface area contributed by atoms with Crippen molar-refractivity contribution in [1.29, 1.82) is 0 Å². The number of hydrogen-bond acceptors (Lipinski definition) is 2. The monoisotopic (exact) mass is 502 g/mol. The Kier molecular flexibility index (Phi) is 6.37. The first-order chi connectivity index (χ1) is 16.9. The quantitative estimate of drug-likeness (QED) is 0.269. The smallest absolute Gasteiger partial charge is 0.256 e. The Morgan fingerprint density at radius 3 is 2.43 bits per heavy atom. The molecule has 0 bridgehead atoms. The van der Waals surface area contributed by atoms with E-state index in [0.29, 0.717) is 28.0 Å². The van der Waals surface area contributed by atoms with Gasteiger partial charge in [-0.15, -0.1) is 0 Å². The first-order valence-corrected chi connectivity index (χ1v) is 12.1. The lowest BCUT2D eigenvalue weighted by Crippen LogP contribution is -2.13. The molecule has 2 heterocycles. The van der Waals surface area contributed by atoms with Gasteiger partial charge in [-0.1, -0.05) is 71.7 Å². The van der Waals surface area contributed by atoms with Crippen LogP contribution < -0.4 is 5.32 Å². The maximum Gasteiger partial charge on any atom is 0.256 e. The Bertz CT molecular complexity index is 1540. The molecule has 0 saturated heterocycles. The maximum absolute atomic E-state index is 13.1. The Labute approximate surface area is 213 Å². The van der Waals surface area contributed by atoms with Crippen molar-refractivity contribution in [2.45, 2.75) is 26.9 Å². The largest absolute Gasteiger partial charge is 0.340 e. The summed E-state index contributed by atoms with van der Waals surface area (Å²) in [6.07, 6.45) is 1.68. The summed E-state index contributed by atoms with van der Waals surface area (Å²) in [5, 5.41) is 9.38. The van der Waals surface area contributed by atoms with Crippen LogP contribution in [-0.4, -0.2) is 20.3 Å². The second kappa shape index (κ2) is 9.61. The molecule has 5 nitrogen and oxygen atoms in total. The number of aryl methyl sites for hydroxylation is 1.